The van der Waals surface area contributed by atoms with Crippen molar-refractivity contribution in [2.24, 2.45) is 0 Å². The van der Waals surface area contributed by atoms with Gasteiger partial charge in [0.25, 0.3) is 5.91 Å². The van der Waals surface area contributed by atoms with Crippen molar-refractivity contribution in [3.63, 3.8) is 0 Å². The third-order valence-electron chi connectivity index (χ3n) is 6.17. The molecular formula is C23H22N6O5S. The molecule has 0 radical (unpaired) electrons. The minimum atomic E-state index is -3.70. The Balaban J connectivity index is 1.16. The Morgan fingerprint density at radius 1 is 1.14 bits per heavy atom. The summed E-state index contributed by atoms with van der Waals surface area (Å²) in [5.41, 5.74) is 2.85. The summed E-state index contributed by atoms with van der Waals surface area (Å²) < 4.78 is 40.5. The summed E-state index contributed by atoms with van der Waals surface area (Å²) in [6.45, 7) is 3.23. The van der Waals surface area contributed by atoms with E-state index in [9.17, 15) is 13.2 Å². The van der Waals surface area contributed by atoms with Crippen LogP contribution < -0.4 is 14.9 Å². The molecule has 0 saturated carbocycles. The van der Waals surface area contributed by atoms with Gasteiger partial charge >= 0.3 is 0 Å². The van der Waals surface area contributed by atoms with Crippen LogP contribution in [0.15, 0.2) is 64.4 Å². The van der Waals surface area contributed by atoms with E-state index >= 15 is 0 Å². The molecule has 180 valence electrons. The number of carbonyl (C=O) groups is 1. The Morgan fingerprint density at radius 3 is 2.74 bits per heavy atom. The Kier molecular flexibility index (Phi) is 5.09. The quantitative estimate of drug-likeness (QED) is 0.372. The third kappa shape index (κ3) is 3.95. The van der Waals surface area contributed by atoms with E-state index < -0.39 is 10.0 Å². The predicted molar refractivity (Wildman–Crippen MR) is 125 cm³/mol. The second-order valence-corrected chi connectivity index (χ2v) is 10.2. The van der Waals surface area contributed by atoms with Gasteiger partial charge in [-0.3, -0.25) is 4.79 Å². The second kappa shape index (κ2) is 8.18. The van der Waals surface area contributed by atoms with Gasteiger partial charge in [0, 0.05) is 25.0 Å². The number of nitrogens with one attached hydrogen (secondary N) is 2. The lowest BCUT2D eigenvalue weighted by atomic mass is 10.1. The molecule has 2 aromatic heterocycles. The lowest BCUT2D eigenvalue weighted by Crippen LogP contribution is -2.30. The molecule has 4 heterocycles. The Hall–Kier alpha value is -3.74. The topological polar surface area (TPSA) is 135 Å². The van der Waals surface area contributed by atoms with Crippen molar-refractivity contribution in [3.8, 4) is 0 Å². The van der Waals surface area contributed by atoms with E-state index in [0.717, 1.165) is 11.1 Å². The number of benzene rings is 2. The fraction of sp³-hybridized carbons (Fsp3) is 0.261. The molecule has 1 saturated heterocycles. The number of epoxide rings is 1. The van der Waals surface area contributed by atoms with E-state index in [2.05, 4.69) is 20.2 Å². The highest BCUT2D eigenvalue weighted by atomic mass is 32.2. The normalized spacial score (nSPS) is 19.2. The first-order chi connectivity index (χ1) is 16.9. The van der Waals surface area contributed by atoms with Crippen LogP contribution in [-0.4, -0.2) is 41.5 Å². The number of rotatable bonds is 7. The molecule has 6 rings (SSSR count). The number of carbonyl (C=O) groups excluding carboxylic acids is 1. The van der Waals surface area contributed by atoms with Gasteiger partial charge in [-0.1, -0.05) is 29.4 Å². The smallest absolute Gasteiger partial charge is 0.273 e. The van der Waals surface area contributed by atoms with E-state index in [4.69, 9.17) is 9.26 Å². The van der Waals surface area contributed by atoms with Gasteiger partial charge in [0.1, 0.15) is 0 Å². The first-order valence-corrected chi connectivity index (χ1v) is 12.6. The van der Waals surface area contributed by atoms with Crippen molar-refractivity contribution in [2.75, 3.05) is 4.90 Å². The van der Waals surface area contributed by atoms with Gasteiger partial charge in [-0.2, -0.15) is 0 Å². The second-order valence-electron chi connectivity index (χ2n) is 8.42. The van der Waals surface area contributed by atoms with Crippen LogP contribution in [-0.2, 0) is 34.4 Å². The fourth-order valence-corrected chi connectivity index (χ4v) is 5.27. The van der Waals surface area contributed by atoms with Gasteiger partial charge in [0.15, 0.2) is 29.6 Å². The van der Waals surface area contributed by atoms with Gasteiger partial charge in [-0.05, 0) is 36.2 Å². The molecule has 2 aromatic carbocycles. The SMILES string of the molecule is CCn1cnc2c1C(=O)NC1OC1N2Cc1ccc(CNS(=O)(=O)c2ccc3oncc3c2)cc1. The molecule has 0 spiro atoms. The minimum absolute atomic E-state index is 0.144. The molecule has 35 heavy (non-hydrogen) atoms. The molecule has 2 aliphatic rings. The maximum absolute atomic E-state index is 12.7. The molecule has 0 bridgehead atoms. The predicted octanol–water partition coefficient (Wildman–Crippen LogP) is 1.96. The Labute approximate surface area is 200 Å². The van der Waals surface area contributed by atoms with E-state index in [1.165, 1.54) is 18.3 Å². The zero-order valence-corrected chi connectivity index (χ0v) is 19.5. The molecule has 1 fully saturated rings. The summed E-state index contributed by atoms with van der Waals surface area (Å²) in [5, 5.41) is 7.17. The first kappa shape index (κ1) is 21.8. The number of aryl methyl sites for hydroxylation is 1. The van der Waals surface area contributed by atoms with Crippen LogP contribution in [0.1, 0.15) is 28.5 Å². The van der Waals surface area contributed by atoms with Gasteiger partial charge in [0.2, 0.25) is 10.0 Å². The van der Waals surface area contributed by atoms with Crippen LogP contribution in [0.2, 0.25) is 0 Å². The van der Waals surface area contributed by atoms with E-state index in [1.54, 1.807) is 12.4 Å². The summed E-state index contributed by atoms with van der Waals surface area (Å²) >= 11 is 0. The molecule has 2 aliphatic heterocycles. The third-order valence-corrected chi connectivity index (χ3v) is 7.57. The monoisotopic (exact) mass is 494 g/mol. The van der Waals surface area contributed by atoms with Gasteiger partial charge < -0.3 is 24.0 Å². The highest BCUT2D eigenvalue weighted by Gasteiger charge is 2.50. The summed E-state index contributed by atoms with van der Waals surface area (Å²) in [4.78, 5) is 19.2. The molecule has 2 atom stereocenters. The number of ether oxygens (including phenoxy) is 1. The first-order valence-electron chi connectivity index (χ1n) is 11.1. The molecular weight excluding hydrogens is 472 g/mol. The summed E-state index contributed by atoms with van der Waals surface area (Å²) in [6.07, 6.45) is 2.52. The van der Waals surface area contributed by atoms with Crippen molar-refractivity contribution < 1.29 is 22.5 Å². The lowest BCUT2D eigenvalue weighted by molar-refractivity contribution is 0.0926. The molecule has 1 amide bonds. The zero-order chi connectivity index (χ0) is 24.2. The van der Waals surface area contributed by atoms with E-state index in [0.29, 0.717) is 35.6 Å². The van der Waals surface area contributed by atoms with Crippen molar-refractivity contribution in [1.82, 2.24) is 24.7 Å². The largest absolute Gasteiger partial charge is 0.356 e. The van der Waals surface area contributed by atoms with Crippen LogP contribution in [0.5, 0.6) is 0 Å². The summed E-state index contributed by atoms with van der Waals surface area (Å²) in [7, 11) is -3.70. The number of hydrogen-bond donors (Lipinski definition) is 2. The summed E-state index contributed by atoms with van der Waals surface area (Å²) in [5.74, 6) is 0.399. The molecule has 2 unspecified atom stereocenters. The van der Waals surface area contributed by atoms with Crippen LogP contribution in [0.25, 0.3) is 11.0 Å². The minimum Gasteiger partial charge on any atom is -0.356 e. The number of sulfonamides is 1. The molecule has 12 heteroatoms. The Morgan fingerprint density at radius 2 is 1.94 bits per heavy atom. The van der Waals surface area contributed by atoms with Crippen LogP contribution >= 0.6 is 0 Å². The van der Waals surface area contributed by atoms with E-state index in [-0.39, 0.29) is 29.8 Å². The van der Waals surface area contributed by atoms with Gasteiger partial charge in [0.05, 0.1) is 17.4 Å². The van der Waals surface area contributed by atoms with Crippen molar-refractivity contribution in [1.29, 1.82) is 0 Å². The Bertz CT molecular complexity index is 1530. The van der Waals surface area contributed by atoms with Crippen LogP contribution in [0.3, 0.4) is 0 Å². The number of nitrogens with zero attached hydrogens (tertiary/aromatic N) is 4. The number of anilines is 1. The number of amides is 1. The van der Waals surface area contributed by atoms with Gasteiger partial charge in [-0.25, -0.2) is 18.1 Å². The number of imidazole rings is 1. The standard InChI is InChI=1S/C23H22N6O5S/c1-2-28-13-24-20-19(28)21(30)27-22-23(33-22)29(20)12-15-5-3-14(4-6-15)10-26-35(31,32)17-7-8-18-16(9-17)11-25-34-18/h3-9,11,13,22-23,26H,2,10,12H2,1H3,(H,27,30). The van der Waals surface area contributed by atoms with Crippen molar-refractivity contribution in [3.05, 3.63) is 71.8 Å². The maximum Gasteiger partial charge on any atom is 0.273 e. The average molecular weight is 495 g/mol. The van der Waals surface area contributed by atoms with Gasteiger partial charge in [-0.15, -0.1) is 0 Å². The number of aromatic nitrogens is 3. The average Bonchev–Trinajstić information content (AvgIpc) is 3.28. The van der Waals surface area contributed by atoms with Crippen LogP contribution in [0, 0.1) is 0 Å². The maximum atomic E-state index is 12.7. The van der Waals surface area contributed by atoms with Crippen LogP contribution in [0.4, 0.5) is 5.82 Å². The lowest BCUT2D eigenvalue weighted by Gasteiger charge is -2.20. The zero-order valence-electron chi connectivity index (χ0n) is 18.7. The molecule has 2 N–H and O–H groups in total. The highest BCUT2D eigenvalue weighted by Crippen LogP contribution is 2.35. The molecule has 0 aliphatic carbocycles. The fourth-order valence-electron chi connectivity index (χ4n) is 4.22. The number of fused-ring (bicyclic) bond motifs is 3. The number of hydrogen-bond acceptors (Lipinski definition) is 8. The van der Waals surface area contributed by atoms with E-state index in [1.807, 2.05) is 40.7 Å². The molecule has 11 nitrogen and oxygen atoms in total. The highest BCUT2D eigenvalue weighted by molar-refractivity contribution is 7.89. The van der Waals surface area contributed by atoms with Crippen molar-refractivity contribution in [2.45, 2.75) is 43.9 Å². The summed E-state index contributed by atoms with van der Waals surface area (Å²) in [6, 6.07) is 12.2. The van der Waals surface area contributed by atoms with Crippen molar-refractivity contribution >= 4 is 32.7 Å². The molecule has 4 aromatic rings.